The van der Waals surface area contributed by atoms with E-state index in [4.69, 9.17) is 10.9 Å². The number of rotatable bonds is 5. The van der Waals surface area contributed by atoms with Crippen molar-refractivity contribution in [2.24, 2.45) is 11.1 Å². The second-order valence-electron chi connectivity index (χ2n) is 4.40. The number of hydrogen-bond acceptors (Lipinski definition) is 4. The molecule has 1 aromatic carbocycles. The Balaban J connectivity index is 2.84. The van der Waals surface area contributed by atoms with Gasteiger partial charge in [-0.1, -0.05) is 13.8 Å². The SMILES string of the molecule is CC(C)CCNc1cc(S(N)(=O)=O)ccc1N. The highest BCUT2D eigenvalue weighted by Gasteiger charge is 2.10. The second-order valence-corrected chi connectivity index (χ2v) is 5.96. The summed E-state index contributed by atoms with van der Waals surface area (Å²) in [7, 11) is -3.68. The Morgan fingerprint density at radius 2 is 2.00 bits per heavy atom. The Hall–Kier alpha value is -1.27. The average molecular weight is 257 g/mol. The first kappa shape index (κ1) is 13.8. The minimum Gasteiger partial charge on any atom is -0.397 e. The Bertz CT molecular complexity index is 483. The zero-order valence-corrected chi connectivity index (χ0v) is 10.9. The molecule has 0 aliphatic rings. The van der Waals surface area contributed by atoms with Gasteiger partial charge in [-0.15, -0.1) is 0 Å². The molecule has 96 valence electrons. The average Bonchev–Trinajstić information content (AvgIpc) is 2.18. The number of nitrogen functional groups attached to an aromatic ring is 1. The van der Waals surface area contributed by atoms with Crippen LogP contribution in [0.5, 0.6) is 0 Å². The van der Waals surface area contributed by atoms with E-state index in [1.165, 1.54) is 18.2 Å². The largest absolute Gasteiger partial charge is 0.397 e. The van der Waals surface area contributed by atoms with E-state index in [2.05, 4.69) is 19.2 Å². The van der Waals surface area contributed by atoms with Gasteiger partial charge in [-0.3, -0.25) is 0 Å². The molecule has 6 heteroatoms. The third-order valence-electron chi connectivity index (χ3n) is 2.39. The highest BCUT2D eigenvalue weighted by molar-refractivity contribution is 7.89. The molecule has 1 aromatic rings. The Morgan fingerprint density at radius 3 is 2.53 bits per heavy atom. The predicted octanol–water partition coefficient (Wildman–Crippen LogP) is 1.37. The molecule has 0 aliphatic heterocycles. The Morgan fingerprint density at radius 1 is 1.35 bits per heavy atom. The molecule has 0 bridgehead atoms. The van der Waals surface area contributed by atoms with Gasteiger partial charge in [0.05, 0.1) is 16.3 Å². The molecule has 0 amide bonds. The van der Waals surface area contributed by atoms with Crippen LogP contribution < -0.4 is 16.2 Å². The van der Waals surface area contributed by atoms with Crippen LogP contribution in [0.3, 0.4) is 0 Å². The third kappa shape index (κ3) is 4.24. The van der Waals surface area contributed by atoms with Crippen LogP contribution in [0.15, 0.2) is 23.1 Å². The van der Waals surface area contributed by atoms with E-state index < -0.39 is 10.0 Å². The molecular weight excluding hydrogens is 238 g/mol. The van der Waals surface area contributed by atoms with Crippen molar-refractivity contribution in [3.63, 3.8) is 0 Å². The van der Waals surface area contributed by atoms with Crippen LogP contribution in [-0.2, 0) is 10.0 Å². The summed E-state index contributed by atoms with van der Waals surface area (Å²) in [6, 6.07) is 4.40. The van der Waals surface area contributed by atoms with E-state index in [1.54, 1.807) is 0 Å². The third-order valence-corrected chi connectivity index (χ3v) is 3.30. The summed E-state index contributed by atoms with van der Waals surface area (Å²) in [6.45, 7) is 4.98. The Labute approximate surface area is 102 Å². The van der Waals surface area contributed by atoms with Crippen LogP contribution in [0.2, 0.25) is 0 Å². The number of sulfonamides is 1. The van der Waals surface area contributed by atoms with Crippen molar-refractivity contribution in [2.45, 2.75) is 25.2 Å². The van der Waals surface area contributed by atoms with E-state index in [0.717, 1.165) is 13.0 Å². The van der Waals surface area contributed by atoms with Crippen molar-refractivity contribution in [3.8, 4) is 0 Å². The van der Waals surface area contributed by atoms with Gasteiger partial charge in [0, 0.05) is 6.54 Å². The summed E-state index contributed by atoms with van der Waals surface area (Å²) in [5.41, 5.74) is 6.87. The fraction of sp³-hybridized carbons (Fsp3) is 0.455. The van der Waals surface area contributed by atoms with Gasteiger partial charge in [-0.05, 0) is 30.5 Å². The van der Waals surface area contributed by atoms with Crippen LogP contribution in [0.4, 0.5) is 11.4 Å². The summed E-state index contributed by atoms with van der Waals surface area (Å²) in [5.74, 6) is 0.574. The maximum Gasteiger partial charge on any atom is 0.238 e. The standard InChI is InChI=1S/C11H19N3O2S/c1-8(2)5-6-14-11-7-9(17(13,15)16)3-4-10(11)12/h3-4,7-8,14H,5-6,12H2,1-2H3,(H2,13,15,16). The zero-order chi connectivity index (χ0) is 13.1. The quantitative estimate of drug-likeness (QED) is 0.694. The zero-order valence-electron chi connectivity index (χ0n) is 10.1. The first-order valence-electron chi connectivity index (χ1n) is 5.47. The smallest absolute Gasteiger partial charge is 0.238 e. The molecule has 17 heavy (non-hydrogen) atoms. The summed E-state index contributed by atoms with van der Waals surface area (Å²) in [5, 5.41) is 8.17. The van der Waals surface area contributed by atoms with Crippen molar-refractivity contribution in [2.75, 3.05) is 17.6 Å². The van der Waals surface area contributed by atoms with Gasteiger partial charge >= 0.3 is 0 Å². The van der Waals surface area contributed by atoms with E-state index in [1.807, 2.05) is 0 Å². The molecule has 5 nitrogen and oxygen atoms in total. The number of nitrogens with two attached hydrogens (primary N) is 2. The molecule has 0 atom stereocenters. The fourth-order valence-corrected chi connectivity index (χ4v) is 1.90. The van der Waals surface area contributed by atoms with E-state index in [9.17, 15) is 8.42 Å². The first-order valence-corrected chi connectivity index (χ1v) is 7.01. The molecule has 0 spiro atoms. The molecular formula is C11H19N3O2S. The lowest BCUT2D eigenvalue weighted by atomic mass is 10.1. The van der Waals surface area contributed by atoms with Crippen molar-refractivity contribution >= 4 is 21.4 Å². The maximum atomic E-state index is 11.2. The van der Waals surface area contributed by atoms with Crippen molar-refractivity contribution in [1.29, 1.82) is 0 Å². The minimum absolute atomic E-state index is 0.0683. The molecule has 0 aliphatic carbocycles. The summed E-state index contributed by atoms with van der Waals surface area (Å²) < 4.78 is 22.4. The topological polar surface area (TPSA) is 98.2 Å². The fourth-order valence-electron chi connectivity index (χ4n) is 1.36. The highest BCUT2D eigenvalue weighted by Crippen LogP contribution is 2.22. The highest BCUT2D eigenvalue weighted by atomic mass is 32.2. The molecule has 0 saturated heterocycles. The van der Waals surface area contributed by atoms with Gasteiger partial charge in [-0.2, -0.15) is 0 Å². The first-order chi connectivity index (χ1) is 7.80. The van der Waals surface area contributed by atoms with Crippen LogP contribution >= 0.6 is 0 Å². The number of benzene rings is 1. The molecule has 1 rings (SSSR count). The maximum absolute atomic E-state index is 11.2. The monoisotopic (exact) mass is 257 g/mol. The lowest BCUT2D eigenvalue weighted by molar-refractivity contribution is 0.597. The van der Waals surface area contributed by atoms with Crippen LogP contribution in [0, 0.1) is 5.92 Å². The van der Waals surface area contributed by atoms with Crippen molar-refractivity contribution in [1.82, 2.24) is 0 Å². The summed E-state index contributed by atoms with van der Waals surface area (Å²) >= 11 is 0. The van der Waals surface area contributed by atoms with Crippen molar-refractivity contribution < 1.29 is 8.42 Å². The van der Waals surface area contributed by atoms with Crippen LogP contribution in [-0.4, -0.2) is 15.0 Å². The van der Waals surface area contributed by atoms with Gasteiger partial charge in [0.15, 0.2) is 0 Å². The number of anilines is 2. The predicted molar refractivity (Wildman–Crippen MR) is 70.2 cm³/mol. The molecule has 0 fully saturated rings. The van der Waals surface area contributed by atoms with Gasteiger partial charge < -0.3 is 11.1 Å². The van der Waals surface area contributed by atoms with Gasteiger partial charge in [0.25, 0.3) is 0 Å². The lowest BCUT2D eigenvalue weighted by Crippen LogP contribution is -2.13. The van der Waals surface area contributed by atoms with Gasteiger partial charge in [-0.25, -0.2) is 13.6 Å². The van der Waals surface area contributed by atoms with E-state index in [0.29, 0.717) is 17.3 Å². The van der Waals surface area contributed by atoms with E-state index in [-0.39, 0.29) is 4.90 Å². The molecule has 0 saturated carbocycles. The Kier molecular flexibility index (Phi) is 4.36. The normalized spacial score (nSPS) is 11.8. The number of hydrogen-bond donors (Lipinski definition) is 3. The second kappa shape index (κ2) is 5.37. The number of nitrogens with one attached hydrogen (secondary N) is 1. The van der Waals surface area contributed by atoms with Gasteiger partial charge in [0.2, 0.25) is 10.0 Å². The van der Waals surface area contributed by atoms with Crippen molar-refractivity contribution in [3.05, 3.63) is 18.2 Å². The van der Waals surface area contributed by atoms with E-state index >= 15 is 0 Å². The molecule has 0 aromatic heterocycles. The van der Waals surface area contributed by atoms with Crippen LogP contribution in [0.1, 0.15) is 20.3 Å². The summed E-state index contributed by atoms with van der Waals surface area (Å²) in [4.78, 5) is 0.0683. The molecule has 0 heterocycles. The van der Waals surface area contributed by atoms with Gasteiger partial charge in [0.1, 0.15) is 0 Å². The lowest BCUT2D eigenvalue weighted by Gasteiger charge is -2.11. The molecule has 0 unspecified atom stereocenters. The van der Waals surface area contributed by atoms with Crippen LogP contribution in [0.25, 0.3) is 0 Å². The summed E-state index contributed by atoms with van der Waals surface area (Å²) in [6.07, 6.45) is 0.985. The minimum atomic E-state index is -3.68. The number of primary sulfonamides is 1. The molecule has 5 N–H and O–H groups in total. The molecule has 0 radical (unpaired) electrons.